The van der Waals surface area contributed by atoms with Gasteiger partial charge in [0.15, 0.2) is 23.5 Å². The molecule has 1 unspecified atom stereocenters. The summed E-state index contributed by atoms with van der Waals surface area (Å²) in [4.78, 5) is 28.4. The van der Waals surface area contributed by atoms with Gasteiger partial charge >= 0.3 is 0 Å². The molecule has 4 rings (SSSR count). The summed E-state index contributed by atoms with van der Waals surface area (Å²) in [5, 5.41) is 21.0. The lowest BCUT2D eigenvalue weighted by Crippen LogP contribution is -2.34. The number of Topliss-reactive ketones (excluding diaryl/α,β-unsaturated/α-hetero) is 1. The molecule has 0 radical (unpaired) electrons. The van der Waals surface area contributed by atoms with Crippen LogP contribution >= 0.6 is 11.6 Å². The fourth-order valence-electron chi connectivity index (χ4n) is 3.05. The molecule has 0 bridgehead atoms. The first-order chi connectivity index (χ1) is 13.0. The number of nitrogen functional groups attached to an aromatic ring is 1. The van der Waals surface area contributed by atoms with Gasteiger partial charge in [0.2, 0.25) is 0 Å². The Bertz CT molecular complexity index is 994. The van der Waals surface area contributed by atoms with Crippen molar-refractivity contribution in [2.24, 2.45) is 0 Å². The predicted octanol–water partition coefficient (Wildman–Crippen LogP) is 0.349. The number of fused-ring (bicyclic) bond motifs is 1. The molecule has 4 N–H and O–H groups in total. The van der Waals surface area contributed by atoms with E-state index in [0.717, 1.165) is 0 Å². The average Bonchev–Trinajstić information content (AvgIpc) is 3.25. The quantitative estimate of drug-likeness (QED) is 0.423. The minimum absolute atomic E-state index is 0.0544. The first-order valence-corrected chi connectivity index (χ1v) is 8.44. The van der Waals surface area contributed by atoms with Crippen LogP contribution in [0.4, 0.5) is 5.82 Å². The van der Waals surface area contributed by atoms with E-state index in [-0.39, 0.29) is 23.0 Å². The Kier molecular flexibility index (Phi) is 4.48. The van der Waals surface area contributed by atoms with E-state index in [1.54, 1.807) is 0 Å². The van der Waals surface area contributed by atoms with Crippen molar-refractivity contribution >= 4 is 34.4 Å². The maximum Gasteiger partial charge on any atom is 0.195 e. The smallest absolute Gasteiger partial charge is 0.195 e. The van der Waals surface area contributed by atoms with Gasteiger partial charge in [-0.15, -0.1) is 0 Å². The van der Waals surface area contributed by atoms with Crippen LogP contribution in [-0.4, -0.2) is 58.8 Å². The zero-order chi connectivity index (χ0) is 19.1. The van der Waals surface area contributed by atoms with Crippen molar-refractivity contribution in [2.75, 3.05) is 5.73 Å². The third kappa shape index (κ3) is 3.12. The van der Waals surface area contributed by atoms with Crippen LogP contribution in [0.25, 0.3) is 11.2 Å². The molecule has 0 aliphatic carbocycles. The molecule has 1 saturated heterocycles. The maximum atomic E-state index is 12.4. The number of pyridine rings is 1. The van der Waals surface area contributed by atoms with Crippen LogP contribution < -0.4 is 5.73 Å². The van der Waals surface area contributed by atoms with E-state index in [1.165, 1.54) is 35.6 Å². The minimum atomic E-state index is -1.47. The number of aliphatic hydroxyl groups excluding tert-OH is 2. The number of aromatic nitrogens is 5. The number of carbonyl (C=O) groups is 1. The second kappa shape index (κ2) is 6.82. The molecular formula is C16H15ClN6O4. The molecular weight excluding hydrogens is 376 g/mol. The van der Waals surface area contributed by atoms with Crippen molar-refractivity contribution in [1.29, 1.82) is 0 Å². The summed E-state index contributed by atoms with van der Waals surface area (Å²) in [7, 11) is 0. The van der Waals surface area contributed by atoms with Crippen LogP contribution in [0.2, 0.25) is 5.15 Å². The molecule has 27 heavy (non-hydrogen) atoms. The highest BCUT2D eigenvalue weighted by Gasteiger charge is 2.42. The van der Waals surface area contributed by atoms with Gasteiger partial charge in [0.1, 0.15) is 29.2 Å². The van der Waals surface area contributed by atoms with E-state index in [9.17, 15) is 15.0 Å². The Morgan fingerprint density at radius 1 is 1.33 bits per heavy atom. The largest absolute Gasteiger partial charge is 0.388 e. The highest BCUT2D eigenvalue weighted by molar-refractivity contribution is 6.29. The van der Waals surface area contributed by atoms with Crippen LogP contribution in [0.15, 0.2) is 31.0 Å². The van der Waals surface area contributed by atoms with Crippen molar-refractivity contribution in [2.45, 2.75) is 31.0 Å². The monoisotopic (exact) mass is 390 g/mol. The van der Waals surface area contributed by atoms with Crippen LogP contribution in [0, 0.1) is 0 Å². The molecule has 3 aromatic rings. The topological polar surface area (TPSA) is 149 Å². The first-order valence-electron chi connectivity index (χ1n) is 8.06. The molecule has 10 nitrogen and oxygen atoms in total. The lowest BCUT2D eigenvalue weighted by molar-refractivity contribution is -0.0656. The van der Waals surface area contributed by atoms with Gasteiger partial charge in [-0.25, -0.2) is 19.9 Å². The summed E-state index contributed by atoms with van der Waals surface area (Å²) in [6.07, 6.45) is -0.205. The van der Waals surface area contributed by atoms with Crippen molar-refractivity contribution in [3.05, 3.63) is 41.7 Å². The maximum absolute atomic E-state index is 12.4. The highest BCUT2D eigenvalue weighted by atomic mass is 35.5. The van der Waals surface area contributed by atoms with Crippen LogP contribution in [0.3, 0.4) is 0 Å². The fraction of sp³-hybridized carbons (Fsp3) is 0.312. The Balaban J connectivity index is 1.56. The van der Waals surface area contributed by atoms with E-state index in [4.69, 9.17) is 22.1 Å². The number of aliphatic hydroxyl groups is 2. The summed E-state index contributed by atoms with van der Waals surface area (Å²) in [5.74, 6) is -0.368. The van der Waals surface area contributed by atoms with Gasteiger partial charge < -0.3 is 20.7 Å². The molecule has 4 atom stereocenters. The second-order valence-corrected chi connectivity index (χ2v) is 6.52. The van der Waals surface area contributed by atoms with Gasteiger partial charge in [-0.1, -0.05) is 11.6 Å². The van der Waals surface area contributed by atoms with Crippen molar-refractivity contribution in [3.8, 4) is 0 Å². The second-order valence-electron chi connectivity index (χ2n) is 6.13. The molecule has 11 heteroatoms. The number of ketones is 1. The highest BCUT2D eigenvalue weighted by Crippen LogP contribution is 2.33. The third-order valence-electron chi connectivity index (χ3n) is 4.41. The number of anilines is 1. The summed E-state index contributed by atoms with van der Waals surface area (Å²) in [5.41, 5.74) is 6.72. The zero-order valence-corrected chi connectivity index (χ0v) is 14.6. The normalized spacial score (nSPS) is 23.6. The van der Waals surface area contributed by atoms with E-state index >= 15 is 0 Å². The number of nitrogens with two attached hydrogens (primary N) is 1. The number of hydrogen-bond acceptors (Lipinski definition) is 9. The van der Waals surface area contributed by atoms with Gasteiger partial charge in [0.25, 0.3) is 0 Å². The van der Waals surface area contributed by atoms with Gasteiger partial charge in [-0.3, -0.25) is 9.36 Å². The predicted molar refractivity (Wildman–Crippen MR) is 93.9 cm³/mol. The molecule has 1 fully saturated rings. The minimum Gasteiger partial charge on any atom is -0.388 e. The Labute approximate surface area is 157 Å². The summed E-state index contributed by atoms with van der Waals surface area (Å²) >= 11 is 5.71. The van der Waals surface area contributed by atoms with Gasteiger partial charge in [0, 0.05) is 18.2 Å². The van der Waals surface area contributed by atoms with Gasteiger partial charge in [0.05, 0.1) is 12.4 Å². The molecule has 4 heterocycles. The number of hydrogen-bond donors (Lipinski definition) is 3. The Morgan fingerprint density at radius 2 is 2.15 bits per heavy atom. The van der Waals surface area contributed by atoms with Gasteiger partial charge in [-0.05, 0) is 12.1 Å². The molecule has 0 saturated carbocycles. The van der Waals surface area contributed by atoms with Crippen LogP contribution in [0.5, 0.6) is 0 Å². The van der Waals surface area contributed by atoms with Crippen molar-refractivity contribution in [1.82, 2.24) is 24.5 Å². The lowest BCUT2D eigenvalue weighted by Gasteiger charge is -2.19. The standard InChI is InChI=1S/C16H15ClN6O4/c17-10-2-1-7(4-19-10)12(25)13(26)9-3-8(24)16(27-9)23-6-22-11-14(18)20-5-21-15(11)23/h1-2,4-6,8-9,13,16,24,26H,3H2,(H2,18,20,21)/t8-,9+,13?,16-/m1/s1. The van der Waals surface area contributed by atoms with E-state index in [1.807, 2.05) is 0 Å². The molecule has 1 aliphatic rings. The molecule has 0 aromatic carbocycles. The lowest BCUT2D eigenvalue weighted by atomic mass is 10.0. The zero-order valence-electron chi connectivity index (χ0n) is 13.8. The number of imidazole rings is 1. The number of rotatable bonds is 4. The third-order valence-corrected chi connectivity index (χ3v) is 4.63. The Hall–Kier alpha value is -2.66. The first kappa shape index (κ1) is 17.7. The van der Waals surface area contributed by atoms with E-state index in [2.05, 4.69) is 19.9 Å². The van der Waals surface area contributed by atoms with Crippen molar-refractivity contribution in [3.63, 3.8) is 0 Å². The number of nitrogens with zero attached hydrogens (tertiary/aromatic N) is 5. The van der Waals surface area contributed by atoms with Gasteiger partial charge in [-0.2, -0.15) is 0 Å². The number of halogens is 1. The molecule has 0 spiro atoms. The van der Waals surface area contributed by atoms with Crippen molar-refractivity contribution < 1.29 is 19.7 Å². The van der Waals surface area contributed by atoms with Crippen LogP contribution in [-0.2, 0) is 4.74 Å². The molecule has 1 aliphatic heterocycles. The SMILES string of the molecule is Nc1ncnc2c1ncn2[C@@H]1O[C@H](C(O)C(=O)c2ccc(Cl)nc2)C[C@H]1O. The number of carbonyl (C=O) groups excluding carboxylic acids is 1. The Morgan fingerprint density at radius 3 is 2.89 bits per heavy atom. The fourth-order valence-corrected chi connectivity index (χ4v) is 3.16. The molecule has 0 amide bonds. The summed E-state index contributed by atoms with van der Waals surface area (Å²) in [6, 6.07) is 2.92. The molecule has 140 valence electrons. The van der Waals surface area contributed by atoms with E-state index in [0.29, 0.717) is 11.2 Å². The number of ether oxygens (including phenoxy) is 1. The van der Waals surface area contributed by atoms with E-state index < -0.39 is 30.3 Å². The summed E-state index contributed by atoms with van der Waals surface area (Å²) < 4.78 is 7.25. The van der Waals surface area contributed by atoms with Crippen LogP contribution in [0.1, 0.15) is 23.0 Å². The molecule has 3 aromatic heterocycles. The summed E-state index contributed by atoms with van der Waals surface area (Å²) in [6.45, 7) is 0. The average molecular weight is 391 g/mol.